The number of halogens is 2. The van der Waals surface area contributed by atoms with E-state index in [1.54, 1.807) is 30.3 Å². The van der Waals surface area contributed by atoms with Gasteiger partial charge in [0.2, 0.25) is 0 Å². The Morgan fingerprint density at radius 2 is 1.89 bits per heavy atom. The highest BCUT2D eigenvalue weighted by Gasteiger charge is 2.12. The quantitative estimate of drug-likeness (QED) is 0.750. The molecule has 0 saturated heterocycles. The van der Waals surface area contributed by atoms with Gasteiger partial charge < -0.3 is 10.4 Å². The van der Waals surface area contributed by atoms with Gasteiger partial charge in [-0.05, 0) is 58.7 Å². The Morgan fingerprint density at radius 3 is 2.53 bits per heavy atom. The minimum absolute atomic E-state index is 0.0570. The summed E-state index contributed by atoms with van der Waals surface area (Å²) in [7, 11) is 0. The van der Waals surface area contributed by atoms with Crippen molar-refractivity contribution in [3.05, 3.63) is 56.5 Å². The maximum atomic E-state index is 12.1. The zero-order valence-corrected chi connectivity index (χ0v) is 13.2. The molecular weight excluding hydrogens is 374 g/mol. The second-order valence-corrected chi connectivity index (χ2v) is 5.87. The number of aromatic hydroxyl groups is 1. The molecule has 2 aromatic carbocycles. The second-order valence-electron chi connectivity index (χ2n) is 4.10. The average Bonchev–Trinajstić information content (AvgIpc) is 2.32. The fourth-order valence-corrected chi connectivity index (χ4v) is 2.84. The lowest BCUT2D eigenvalue weighted by molar-refractivity contribution is 0.102. The maximum absolute atomic E-state index is 12.1. The van der Waals surface area contributed by atoms with E-state index in [2.05, 4.69) is 37.2 Å². The van der Waals surface area contributed by atoms with E-state index in [0.717, 1.165) is 10.0 Å². The van der Waals surface area contributed by atoms with E-state index in [1.165, 1.54) is 0 Å². The summed E-state index contributed by atoms with van der Waals surface area (Å²) in [6.45, 7) is 1.87. The van der Waals surface area contributed by atoms with Crippen LogP contribution >= 0.6 is 31.9 Å². The van der Waals surface area contributed by atoms with E-state index in [-0.39, 0.29) is 11.7 Å². The van der Waals surface area contributed by atoms with Crippen molar-refractivity contribution >= 4 is 43.5 Å². The molecule has 0 unspecified atom stereocenters. The summed E-state index contributed by atoms with van der Waals surface area (Å²) in [5, 5.41) is 12.4. The van der Waals surface area contributed by atoms with Gasteiger partial charge in [0.15, 0.2) is 0 Å². The molecule has 5 heteroatoms. The average molecular weight is 385 g/mol. The Hall–Kier alpha value is -1.33. The summed E-state index contributed by atoms with van der Waals surface area (Å²) in [4.78, 5) is 12.1. The summed E-state index contributed by atoms with van der Waals surface area (Å²) in [6, 6.07) is 10.4. The molecule has 0 bridgehead atoms. The molecule has 0 radical (unpaired) electrons. The van der Waals surface area contributed by atoms with Gasteiger partial charge in [-0.3, -0.25) is 4.79 Å². The van der Waals surface area contributed by atoms with Crippen LogP contribution in [0, 0.1) is 6.92 Å². The Balaban J connectivity index is 2.25. The molecule has 0 aliphatic rings. The summed E-state index contributed by atoms with van der Waals surface area (Å²) < 4.78 is 1.57. The highest BCUT2D eigenvalue weighted by Crippen LogP contribution is 2.26. The van der Waals surface area contributed by atoms with Crippen LogP contribution in [0.4, 0.5) is 5.69 Å². The standard InChI is InChI=1S/C14H11Br2NO2/c1-8-2-5-12(13(18)6-8)17-14(19)10-4-3-9(15)7-11(10)16/h2-7,18H,1H3,(H,17,19). The molecule has 0 aromatic heterocycles. The molecule has 3 nitrogen and oxygen atoms in total. The van der Waals surface area contributed by atoms with Crippen LogP contribution in [0.2, 0.25) is 0 Å². The van der Waals surface area contributed by atoms with E-state index in [4.69, 9.17) is 0 Å². The van der Waals surface area contributed by atoms with Crippen molar-refractivity contribution in [2.45, 2.75) is 6.92 Å². The van der Waals surface area contributed by atoms with Crippen molar-refractivity contribution < 1.29 is 9.90 Å². The number of hydrogen-bond acceptors (Lipinski definition) is 2. The number of nitrogens with one attached hydrogen (secondary N) is 1. The van der Waals surface area contributed by atoms with Crippen LogP contribution in [0.3, 0.4) is 0 Å². The number of benzene rings is 2. The third kappa shape index (κ3) is 3.36. The van der Waals surface area contributed by atoms with Crippen molar-refractivity contribution in [2.24, 2.45) is 0 Å². The molecule has 0 aliphatic heterocycles. The fraction of sp³-hybridized carbons (Fsp3) is 0.0714. The van der Waals surface area contributed by atoms with Gasteiger partial charge in [-0.15, -0.1) is 0 Å². The number of rotatable bonds is 2. The lowest BCUT2D eigenvalue weighted by atomic mass is 10.2. The number of anilines is 1. The first kappa shape index (κ1) is 14.1. The zero-order chi connectivity index (χ0) is 14.0. The molecule has 0 fully saturated rings. The number of carbonyl (C=O) groups is 1. The number of phenols is 1. The third-order valence-electron chi connectivity index (χ3n) is 2.58. The first-order chi connectivity index (χ1) is 8.97. The smallest absolute Gasteiger partial charge is 0.256 e. The number of hydrogen-bond donors (Lipinski definition) is 2. The van der Waals surface area contributed by atoms with Crippen LogP contribution in [0.1, 0.15) is 15.9 Å². The molecule has 0 spiro atoms. The van der Waals surface area contributed by atoms with Gasteiger partial charge in [-0.2, -0.15) is 0 Å². The zero-order valence-electron chi connectivity index (χ0n) is 10.1. The molecule has 98 valence electrons. The van der Waals surface area contributed by atoms with Crippen LogP contribution in [0.25, 0.3) is 0 Å². The number of amides is 1. The van der Waals surface area contributed by atoms with Crippen LogP contribution in [-0.4, -0.2) is 11.0 Å². The van der Waals surface area contributed by atoms with E-state index in [0.29, 0.717) is 15.7 Å². The minimum atomic E-state index is -0.279. The number of aryl methyl sites for hydroxylation is 1. The predicted octanol–water partition coefficient (Wildman–Crippen LogP) is 4.48. The summed E-state index contributed by atoms with van der Waals surface area (Å²) in [5.41, 5.74) is 1.83. The molecule has 0 atom stereocenters. The lowest BCUT2D eigenvalue weighted by Crippen LogP contribution is -2.12. The highest BCUT2D eigenvalue weighted by molar-refractivity contribution is 9.11. The van der Waals surface area contributed by atoms with Crippen LogP contribution < -0.4 is 5.32 Å². The fourth-order valence-electron chi connectivity index (χ4n) is 1.61. The van der Waals surface area contributed by atoms with Crippen molar-refractivity contribution in [3.63, 3.8) is 0 Å². The van der Waals surface area contributed by atoms with E-state index < -0.39 is 0 Å². The SMILES string of the molecule is Cc1ccc(NC(=O)c2ccc(Br)cc2Br)c(O)c1. The predicted molar refractivity (Wildman–Crippen MR) is 82.6 cm³/mol. The van der Waals surface area contributed by atoms with Crippen molar-refractivity contribution in [3.8, 4) is 5.75 Å². The molecule has 2 rings (SSSR count). The van der Waals surface area contributed by atoms with Crippen LogP contribution in [-0.2, 0) is 0 Å². The second kappa shape index (κ2) is 5.75. The molecule has 0 heterocycles. The molecule has 1 amide bonds. The number of carbonyl (C=O) groups excluding carboxylic acids is 1. The maximum Gasteiger partial charge on any atom is 0.256 e. The molecular formula is C14H11Br2NO2. The topological polar surface area (TPSA) is 49.3 Å². The Morgan fingerprint density at radius 1 is 1.16 bits per heavy atom. The van der Waals surface area contributed by atoms with Gasteiger partial charge in [0, 0.05) is 8.95 Å². The minimum Gasteiger partial charge on any atom is -0.506 e. The molecule has 2 aromatic rings. The van der Waals surface area contributed by atoms with Gasteiger partial charge in [-0.1, -0.05) is 22.0 Å². The van der Waals surface area contributed by atoms with E-state index >= 15 is 0 Å². The largest absolute Gasteiger partial charge is 0.506 e. The lowest BCUT2D eigenvalue weighted by Gasteiger charge is -2.09. The van der Waals surface area contributed by atoms with Gasteiger partial charge in [0.25, 0.3) is 5.91 Å². The van der Waals surface area contributed by atoms with Crippen molar-refractivity contribution in [1.82, 2.24) is 0 Å². The third-order valence-corrected chi connectivity index (χ3v) is 3.73. The Labute approximate surface area is 127 Å². The van der Waals surface area contributed by atoms with E-state index in [9.17, 15) is 9.90 Å². The highest BCUT2D eigenvalue weighted by atomic mass is 79.9. The molecule has 19 heavy (non-hydrogen) atoms. The van der Waals surface area contributed by atoms with Gasteiger partial charge in [0.05, 0.1) is 11.3 Å². The summed E-state index contributed by atoms with van der Waals surface area (Å²) in [6.07, 6.45) is 0. The molecule has 2 N–H and O–H groups in total. The van der Waals surface area contributed by atoms with Gasteiger partial charge >= 0.3 is 0 Å². The monoisotopic (exact) mass is 383 g/mol. The first-order valence-electron chi connectivity index (χ1n) is 5.53. The molecule has 0 saturated carbocycles. The van der Waals surface area contributed by atoms with Crippen LogP contribution in [0.15, 0.2) is 45.3 Å². The van der Waals surface area contributed by atoms with Crippen molar-refractivity contribution in [2.75, 3.05) is 5.32 Å². The van der Waals surface area contributed by atoms with Crippen molar-refractivity contribution in [1.29, 1.82) is 0 Å². The normalized spacial score (nSPS) is 10.3. The molecule has 0 aliphatic carbocycles. The first-order valence-corrected chi connectivity index (χ1v) is 7.12. The number of phenolic OH excluding ortho intramolecular Hbond substituents is 1. The van der Waals surface area contributed by atoms with Gasteiger partial charge in [-0.25, -0.2) is 0 Å². The van der Waals surface area contributed by atoms with Crippen LogP contribution in [0.5, 0.6) is 5.75 Å². The Bertz CT molecular complexity index is 641. The summed E-state index contributed by atoms with van der Waals surface area (Å²) >= 11 is 6.67. The van der Waals surface area contributed by atoms with Gasteiger partial charge in [0.1, 0.15) is 5.75 Å². The summed E-state index contributed by atoms with van der Waals surface area (Å²) in [5.74, 6) is -0.222. The Kier molecular flexibility index (Phi) is 4.27. The van der Waals surface area contributed by atoms with E-state index in [1.807, 2.05) is 13.0 Å².